The Morgan fingerprint density at radius 3 is 2.85 bits per heavy atom. The Kier molecular flexibility index (Phi) is 1.59. The second kappa shape index (κ2) is 2.62. The Bertz CT molecular complexity index is 468. The second-order valence-electron chi connectivity index (χ2n) is 3.01. The standard InChI is InChI=1S/C10H11N3/c1-7(11)10-8-5-3-4-6-9(8)12-13(10)2/h3-6H,1,11H2,2H3. The monoisotopic (exact) mass is 173 g/mol. The van der Waals surface area contributed by atoms with Gasteiger partial charge in [-0.2, -0.15) is 5.10 Å². The average molecular weight is 173 g/mol. The van der Waals surface area contributed by atoms with Crippen LogP contribution in [0.4, 0.5) is 0 Å². The van der Waals surface area contributed by atoms with E-state index in [9.17, 15) is 0 Å². The molecule has 0 aliphatic heterocycles. The van der Waals surface area contributed by atoms with Gasteiger partial charge in [-0.05, 0) is 6.07 Å². The van der Waals surface area contributed by atoms with Crippen LogP contribution in [0.1, 0.15) is 5.69 Å². The van der Waals surface area contributed by atoms with E-state index < -0.39 is 0 Å². The van der Waals surface area contributed by atoms with E-state index >= 15 is 0 Å². The van der Waals surface area contributed by atoms with Gasteiger partial charge in [-0.3, -0.25) is 4.68 Å². The van der Waals surface area contributed by atoms with Crippen LogP contribution in [-0.2, 0) is 7.05 Å². The summed E-state index contributed by atoms with van der Waals surface area (Å²) in [5.41, 5.74) is 8.07. The fourth-order valence-corrected chi connectivity index (χ4v) is 1.53. The third kappa shape index (κ3) is 1.09. The van der Waals surface area contributed by atoms with E-state index in [-0.39, 0.29) is 0 Å². The SMILES string of the molecule is C=C(N)c1c2ccccc2nn1C. The summed E-state index contributed by atoms with van der Waals surface area (Å²) in [6, 6.07) is 7.88. The number of rotatable bonds is 1. The molecule has 0 amide bonds. The summed E-state index contributed by atoms with van der Waals surface area (Å²) in [6.07, 6.45) is 0. The first kappa shape index (κ1) is 7.86. The summed E-state index contributed by atoms with van der Waals surface area (Å²) < 4.78 is 1.76. The highest BCUT2D eigenvalue weighted by molar-refractivity contribution is 5.89. The smallest absolute Gasteiger partial charge is 0.0930 e. The number of hydrogen-bond acceptors (Lipinski definition) is 2. The Hall–Kier alpha value is -1.77. The van der Waals surface area contributed by atoms with Crippen molar-refractivity contribution in [2.75, 3.05) is 0 Å². The molecule has 1 heterocycles. The van der Waals surface area contributed by atoms with Crippen LogP contribution >= 0.6 is 0 Å². The van der Waals surface area contributed by atoms with Crippen molar-refractivity contribution < 1.29 is 0 Å². The van der Waals surface area contributed by atoms with Crippen LogP contribution in [0.15, 0.2) is 30.8 Å². The molecular weight excluding hydrogens is 162 g/mol. The van der Waals surface area contributed by atoms with Crippen LogP contribution in [0.2, 0.25) is 0 Å². The predicted octanol–water partition coefficient (Wildman–Crippen LogP) is 1.50. The summed E-state index contributed by atoms with van der Waals surface area (Å²) in [4.78, 5) is 0. The lowest BCUT2D eigenvalue weighted by atomic mass is 10.2. The molecular formula is C10H11N3. The lowest BCUT2D eigenvalue weighted by Crippen LogP contribution is -2.02. The fraction of sp³-hybridized carbons (Fsp3) is 0.100. The molecule has 3 nitrogen and oxygen atoms in total. The Morgan fingerprint density at radius 2 is 2.15 bits per heavy atom. The molecule has 1 aromatic carbocycles. The summed E-state index contributed by atoms with van der Waals surface area (Å²) in [5.74, 6) is 0. The van der Waals surface area contributed by atoms with Crippen LogP contribution in [0.25, 0.3) is 16.6 Å². The van der Waals surface area contributed by atoms with Crippen molar-refractivity contribution in [3.05, 3.63) is 36.5 Å². The van der Waals surface area contributed by atoms with Gasteiger partial charge in [-0.25, -0.2) is 0 Å². The van der Waals surface area contributed by atoms with Gasteiger partial charge in [0.15, 0.2) is 0 Å². The van der Waals surface area contributed by atoms with Crippen molar-refractivity contribution in [2.45, 2.75) is 0 Å². The lowest BCUT2D eigenvalue weighted by molar-refractivity contribution is 0.766. The molecule has 0 unspecified atom stereocenters. The normalized spacial score (nSPS) is 10.5. The molecule has 0 bridgehead atoms. The van der Waals surface area contributed by atoms with E-state index in [2.05, 4.69) is 11.7 Å². The largest absolute Gasteiger partial charge is 0.397 e. The van der Waals surface area contributed by atoms with Crippen molar-refractivity contribution >= 4 is 16.6 Å². The van der Waals surface area contributed by atoms with Gasteiger partial charge in [0.25, 0.3) is 0 Å². The molecule has 13 heavy (non-hydrogen) atoms. The minimum atomic E-state index is 0.552. The van der Waals surface area contributed by atoms with Crippen molar-refractivity contribution in [1.82, 2.24) is 9.78 Å². The molecule has 0 saturated heterocycles. The molecule has 2 aromatic rings. The third-order valence-electron chi connectivity index (χ3n) is 2.04. The molecule has 66 valence electrons. The molecule has 1 aromatic heterocycles. The first-order valence-electron chi connectivity index (χ1n) is 4.06. The van der Waals surface area contributed by atoms with Crippen LogP contribution in [0.3, 0.4) is 0 Å². The van der Waals surface area contributed by atoms with E-state index in [0.29, 0.717) is 5.70 Å². The van der Waals surface area contributed by atoms with Crippen LogP contribution in [0, 0.1) is 0 Å². The Balaban J connectivity index is 2.86. The number of nitrogens with zero attached hydrogens (tertiary/aromatic N) is 2. The highest BCUT2D eigenvalue weighted by Crippen LogP contribution is 2.20. The summed E-state index contributed by atoms with van der Waals surface area (Å²) in [7, 11) is 1.87. The van der Waals surface area contributed by atoms with Gasteiger partial charge < -0.3 is 5.73 Å². The molecule has 0 aliphatic carbocycles. The van der Waals surface area contributed by atoms with E-state index in [1.165, 1.54) is 0 Å². The number of fused-ring (bicyclic) bond motifs is 1. The van der Waals surface area contributed by atoms with E-state index in [1.807, 2.05) is 31.3 Å². The molecule has 0 saturated carbocycles. The van der Waals surface area contributed by atoms with E-state index in [0.717, 1.165) is 16.6 Å². The Morgan fingerprint density at radius 1 is 1.46 bits per heavy atom. The average Bonchev–Trinajstić information content (AvgIpc) is 2.39. The molecule has 3 heteroatoms. The predicted molar refractivity (Wildman–Crippen MR) is 53.9 cm³/mol. The minimum absolute atomic E-state index is 0.552. The second-order valence-corrected chi connectivity index (χ2v) is 3.01. The minimum Gasteiger partial charge on any atom is -0.397 e. The number of nitrogens with two attached hydrogens (primary N) is 1. The molecule has 0 radical (unpaired) electrons. The van der Waals surface area contributed by atoms with Crippen molar-refractivity contribution in [1.29, 1.82) is 0 Å². The maximum absolute atomic E-state index is 5.67. The van der Waals surface area contributed by atoms with E-state index in [1.54, 1.807) is 4.68 Å². The van der Waals surface area contributed by atoms with Crippen LogP contribution in [-0.4, -0.2) is 9.78 Å². The molecule has 2 N–H and O–H groups in total. The van der Waals surface area contributed by atoms with Crippen LogP contribution < -0.4 is 5.73 Å². The molecule has 0 fully saturated rings. The molecule has 0 spiro atoms. The van der Waals surface area contributed by atoms with Gasteiger partial charge >= 0.3 is 0 Å². The fourth-order valence-electron chi connectivity index (χ4n) is 1.53. The quantitative estimate of drug-likeness (QED) is 0.710. The molecule has 2 rings (SSSR count). The zero-order chi connectivity index (χ0) is 9.42. The first-order chi connectivity index (χ1) is 6.20. The zero-order valence-electron chi connectivity index (χ0n) is 7.49. The van der Waals surface area contributed by atoms with Gasteiger partial charge in [0.05, 0.1) is 16.9 Å². The number of hydrogen-bond donors (Lipinski definition) is 1. The van der Waals surface area contributed by atoms with Gasteiger partial charge in [0.1, 0.15) is 0 Å². The highest BCUT2D eigenvalue weighted by Gasteiger charge is 2.07. The maximum Gasteiger partial charge on any atom is 0.0930 e. The molecule has 0 aliphatic rings. The third-order valence-corrected chi connectivity index (χ3v) is 2.04. The lowest BCUT2D eigenvalue weighted by Gasteiger charge is -1.99. The Labute approximate surface area is 76.5 Å². The highest BCUT2D eigenvalue weighted by atomic mass is 15.3. The van der Waals surface area contributed by atoms with Gasteiger partial charge in [-0.1, -0.05) is 24.8 Å². The number of aromatic nitrogens is 2. The zero-order valence-corrected chi connectivity index (χ0v) is 7.49. The summed E-state index contributed by atoms with van der Waals surface area (Å²) >= 11 is 0. The van der Waals surface area contributed by atoms with Gasteiger partial charge in [0.2, 0.25) is 0 Å². The van der Waals surface area contributed by atoms with Crippen LogP contribution in [0.5, 0.6) is 0 Å². The van der Waals surface area contributed by atoms with Crippen molar-refractivity contribution in [3.63, 3.8) is 0 Å². The number of aryl methyl sites for hydroxylation is 1. The van der Waals surface area contributed by atoms with Gasteiger partial charge in [-0.15, -0.1) is 0 Å². The maximum atomic E-state index is 5.67. The summed E-state index contributed by atoms with van der Waals surface area (Å²) in [5, 5.41) is 5.36. The number of benzene rings is 1. The first-order valence-corrected chi connectivity index (χ1v) is 4.06. The van der Waals surface area contributed by atoms with Crippen molar-refractivity contribution in [2.24, 2.45) is 12.8 Å². The summed E-state index contributed by atoms with van der Waals surface area (Å²) in [6.45, 7) is 3.73. The molecule has 0 atom stereocenters. The van der Waals surface area contributed by atoms with E-state index in [4.69, 9.17) is 5.73 Å². The van der Waals surface area contributed by atoms with Gasteiger partial charge in [0, 0.05) is 12.4 Å². The topological polar surface area (TPSA) is 43.8 Å². The van der Waals surface area contributed by atoms with Crippen molar-refractivity contribution in [3.8, 4) is 0 Å².